The summed E-state index contributed by atoms with van der Waals surface area (Å²) in [4.78, 5) is 0. The average Bonchev–Trinajstić information content (AvgIpc) is 2.98. The fourth-order valence-electron chi connectivity index (χ4n) is 4.63. The lowest BCUT2D eigenvalue weighted by Gasteiger charge is -2.33. The molecular formula is C23H32O2. The summed E-state index contributed by atoms with van der Waals surface area (Å²) in [6.45, 7) is 4.72. The standard InChI is InChI=1S/C23H32O2/c1-5-7-18-12-13-23(2)16-20(25-4)15-22(23)21(18)11-10-17-8-6-9-19(14-17)24-3/h6,8-9,12,14,20H,5,7,10-11,13,15-16H2,1-4H3/t20-,23-/m0/s1. The molecule has 0 spiro atoms. The molecule has 2 nitrogen and oxygen atoms in total. The summed E-state index contributed by atoms with van der Waals surface area (Å²) in [6.07, 6.45) is 11.0. The van der Waals surface area contributed by atoms with E-state index in [1.165, 1.54) is 24.8 Å². The summed E-state index contributed by atoms with van der Waals surface area (Å²) in [5.74, 6) is 0.952. The van der Waals surface area contributed by atoms with Crippen molar-refractivity contribution in [1.82, 2.24) is 0 Å². The molecule has 136 valence electrons. The van der Waals surface area contributed by atoms with Gasteiger partial charge < -0.3 is 9.47 Å². The largest absolute Gasteiger partial charge is 0.497 e. The second-order valence-electron chi connectivity index (χ2n) is 7.82. The average molecular weight is 341 g/mol. The highest BCUT2D eigenvalue weighted by atomic mass is 16.5. The quantitative estimate of drug-likeness (QED) is 0.618. The summed E-state index contributed by atoms with van der Waals surface area (Å²) < 4.78 is 11.1. The Morgan fingerprint density at radius 3 is 2.72 bits per heavy atom. The first-order chi connectivity index (χ1) is 12.1. The van der Waals surface area contributed by atoms with Crippen molar-refractivity contribution in [3.8, 4) is 5.75 Å². The van der Waals surface area contributed by atoms with Gasteiger partial charge in [0.2, 0.25) is 0 Å². The van der Waals surface area contributed by atoms with Crippen molar-refractivity contribution < 1.29 is 9.47 Å². The first-order valence-electron chi connectivity index (χ1n) is 9.67. The molecule has 2 aliphatic rings. The zero-order chi connectivity index (χ0) is 17.9. The molecule has 2 atom stereocenters. The van der Waals surface area contributed by atoms with E-state index in [-0.39, 0.29) is 0 Å². The molecule has 0 bridgehead atoms. The second kappa shape index (κ2) is 7.78. The van der Waals surface area contributed by atoms with Gasteiger partial charge in [-0.15, -0.1) is 0 Å². The predicted molar refractivity (Wildman–Crippen MR) is 104 cm³/mol. The maximum Gasteiger partial charge on any atom is 0.119 e. The molecule has 1 aromatic carbocycles. The van der Waals surface area contributed by atoms with Gasteiger partial charge in [0.05, 0.1) is 13.2 Å². The number of hydrogen-bond donors (Lipinski definition) is 0. The van der Waals surface area contributed by atoms with Gasteiger partial charge in [-0.2, -0.15) is 0 Å². The number of allylic oxidation sites excluding steroid dienone is 3. The molecule has 0 aliphatic heterocycles. The Labute approximate surface area is 152 Å². The molecule has 0 unspecified atom stereocenters. The van der Waals surface area contributed by atoms with Crippen LogP contribution in [0.5, 0.6) is 5.75 Å². The summed E-state index contributed by atoms with van der Waals surface area (Å²) in [5, 5.41) is 0. The fraction of sp³-hybridized carbons (Fsp3) is 0.565. The van der Waals surface area contributed by atoms with Gasteiger partial charge in [0.25, 0.3) is 0 Å². The molecule has 0 amide bonds. The normalized spacial score (nSPS) is 25.8. The third kappa shape index (κ3) is 3.84. The van der Waals surface area contributed by atoms with E-state index in [0.717, 1.165) is 31.4 Å². The summed E-state index contributed by atoms with van der Waals surface area (Å²) >= 11 is 0. The van der Waals surface area contributed by atoms with Crippen molar-refractivity contribution in [2.75, 3.05) is 14.2 Å². The molecule has 0 N–H and O–H groups in total. The Morgan fingerprint density at radius 2 is 2.00 bits per heavy atom. The molecule has 1 fully saturated rings. The van der Waals surface area contributed by atoms with Crippen LogP contribution in [0.25, 0.3) is 0 Å². The smallest absolute Gasteiger partial charge is 0.119 e. The highest BCUT2D eigenvalue weighted by molar-refractivity contribution is 5.45. The van der Waals surface area contributed by atoms with Crippen molar-refractivity contribution in [2.45, 2.75) is 64.9 Å². The molecule has 3 rings (SSSR count). The van der Waals surface area contributed by atoms with Gasteiger partial charge in [-0.1, -0.05) is 44.1 Å². The highest BCUT2D eigenvalue weighted by Gasteiger charge is 2.42. The zero-order valence-corrected chi connectivity index (χ0v) is 16.2. The molecule has 1 aromatic rings. The molecular weight excluding hydrogens is 308 g/mol. The highest BCUT2D eigenvalue weighted by Crippen LogP contribution is 2.52. The molecule has 2 aliphatic carbocycles. The summed E-state index contributed by atoms with van der Waals surface area (Å²) in [7, 11) is 3.60. The van der Waals surface area contributed by atoms with Crippen LogP contribution in [0.2, 0.25) is 0 Å². The van der Waals surface area contributed by atoms with Crippen LogP contribution in [-0.2, 0) is 11.2 Å². The fourth-order valence-corrected chi connectivity index (χ4v) is 4.63. The maximum atomic E-state index is 5.73. The topological polar surface area (TPSA) is 18.5 Å². The van der Waals surface area contributed by atoms with Gasteiger partial charge >= 0.3 is 0 Å². The van der Waals surface area contributed by atoms with Gasteiger partial charge in [-0.25, -0.2) is 0 Å². The summed E-state index contributed by atoms with van der Waals surface area (Å²) in [5.41, 5.74) is 6.55. The van der Waals surface area contributed by atoms with Gasteiger partial charge in [-0.3, -0.25) is 0 Å². The van der Waals surface area contributed by atoms with E-state index in [2.05, 4.69) is 38.1 Å². The number of benzene rings is 1. The van der Waals surface area contributed by atoms with E-state index in [9.17, 15) is 0 Å². The van der Waals surface area contributed by atoms with Gasteiger partial charge in [0.1, 0.15) is 5.75 Å². The monoisotopic (exact) mass is 340 g/mol. The van der Waals surface area contributed by atoms with Gasteiger partial charge in [0, 0.05) is 7.11 Å². The Morgan fingerprint density at radius 1 is 1.16 bits per heavy atom. The molecule has 25 heavy (non-hydrogen) atoms. The van der Waals surface area contributed by atoms with E-state index < -0.39 is 0 Å². The molecule has 0 radical (unpaired) electrons. The maximum absolute atomic E-state index is 5.73. The Bertz CT molecular complexity index is 670. The van der Waals surface area contributed by atoms with Crippen LogP contribution in [0.1, 0.15) is 57.9 Å². The van der Waals surface area contributed by atoms with Crippen LogP contribution in [-0.4, -0.2) is 20.3 Å². The Hall–Kier alpha value is -1.54. The molecule has 0 heterocycles. The number of hydrogen-bond acceptors (Lipinski definition) is 2. The summed E-state index contributed by atoms with van der Waals surface area (Å²) in [6, 6.07) is 8.50. The number of fused-ring (bicyclic) bond motifs is 1. The third-order valence-corrected chi connectivity index (χ3v) is 6.04. The first-order valence-corrected chi connectivity index (χ1v) is 9.67. The van der Waals surface area contributed by atoms with Crippen LogP contribution in [0.4, 0.5) is 0 Å². The van der Waals surface area contributed by atoms with Gasteiger partial charge in [-0.05, 0) is 72.8 Å². The van der Waals surface area contributed by atoms with Crippen molar-refractivity contribution in [1.29, 1.82) is 0 Å². The number of ether oxygens (including phenoxy) is 2. The second-order valence-corrected chi connectivity index (χ2v) is 7.82. The van der Waals surface area contributed by atoms with Crippen LogP contribution >= 0.6 is 0 Å². The zero-order valence-electron chi connectivity index (χ0n) is 16.2. The lowest BCUT2D eigenvalue weighted by Crippen LogP contribution is -2.20. The lowest BCUT2D eigenvalue weighted by molar-refractivity contribution is 0.0977. The lowest BCUT2D eigenvalue weighted by atomic mass is 9.72. The molecule has 0 saturated heterocycles. The Balaban J connectivity index is 1.85. The SMILES string of the molecule is CCCC1=CC[C@@]2(C)C[C@@H](OC)CC2=C1CCc1cccc(OC)c1. The van der Waals surface area contributed by atoms with Crippen LogP contribution in [0.3, 0.4) is 0 Å². The van der Waals surface area contributed by atoms with E-state index in [0.29, 0.717) is 11.5 Å². The minimum atomic E-state index is 0.307. The van der Waals surface area contributed by atoms with E-state index in [1.807, 2.05) is 13.2 Å². The van der Waals surface area contributed by atoms with Crippen molar-refractivity contribution in [2.24, 2.45) is 5.41 Å². The van der Waals surface area contributed by atoms with E-state index in [4.69, 9.17) is 9.47 Å². The third-order valence-electron chi connectivity index (χ3n) is 6.04. The molecule has 0 aromatic heterocycles. The van der Waals surface area contributed by atoms with Crippen LogP contribution < -0.4 is 4.74 Å². The van der Waals surface area contributed by atoms with E-state index in [1.54, 1.807) is 23.8 Å². The number of methoxy groups -OCH3 is 2. The minimum Gasteiger partial charge on any atom is -0.497 e. The molecule has 1 saturated carbocycles. The first kappa shape index (κ1) is 18.3. The van der Waals surface area contributed by atoms with Crippen LogP contribution in [0.15, 0.2) is 47.1 Å². The minimum absolute atomic E-state index is 0.307. The van der Waals surface area contributed by atoms with E-state index >= 15 is 0 Å². The predicted octanol–water partition coefficient (Wildman–Crippen LogP) is 5.87. The van der Waals surface area contributed by atoms with Gasteiger partial charge in [0.15, 0.2) is 0 Å². The van der Waals surface area contributed by atoms with Crippen molar-refractivity contribution >= 4 is 0 Å². The molecule has 2 heteroatoms. The number of rotatable bonds is 7. The van der Waals surface area contributed by atoms with Crippen LogP contribution in [0, 0.1) is 5.41 Å². The Kier molecular flexibility index (Phi) is 5.68. The number of aryl methyl sites for hydroxylation is 1. The van der Waals surface area contributed by atoms with Crippen molar-refractivity contribution in [3.05, 3.63) is 52.6 Å². The van der Waals surface area contributed by atoms with Crippen molar-refractivity contribution in [3.63, 3.8) is 0 Å².